The van der Waals surface area contributed by atoms with Gasteiger partial charge in [0.25, 0.3) is 0 Å². The predicted octanol–water partition coefficient (Wildman–Crippen LogP) is 5.13. The van der Waals surface area contributed by atoms with Gasteiger partial charge in [0.1, 0.15) is 0 Å². The molecule has 1 saturated carbocycles. The zero-order chi connectivity index (χ0) is 14.7. The molecular weight excluding hydrogens is 280 g/mol. The second-order valence-electron chi connectivity index (χ2n) is 6.23. The molecule has 1 heterocycles. The highest BCUT2D eigenvalue weighted by Crippen LogP contribution is 2.27. The number of aryl methyl sites for hydroxylation is 1. The van der Waals surface area contributed by atoms with Crippen LogP contribution < -0.4 is 5.32 Å². The summed E-state index contributed by atoms with van der Waals surface area (Å²) in [6.45, 7) is 4.33. The predicted molar refractivity (Wildman–Crippen MR) is 91.0 cm³/mol. The maximum atomic E-state index is 6.19. The van der Waals surface area contributed by atoms with Gasteiger partial charge in [-0.15, -0.1) is 0 Å². The Labute approximate surface area is 132 Å². The molecule has 1 aromatic heterocycles. The second-order valence-corrected chi connectivity index (χ2v) is 6.66. The summed E-state index contributed by atoms with van der Waals surface area (Å²) < 4.78 is 2.39. The fourth-order valence-electron chi connectivity index (χ4n) is 2.92. The van der Waals surface area contributed by atoms with E-state index in [1.54, 1.807) is 0 Å². The normalized spacial score (nSPS) is 15.0. The van der Waals surface area contributed by atoms with Crippen molar-refractivity contribution in [1.82, 2.24) is 9.88 Å². The molecule has 2 aromatic rings. The number of nitrogens with one attached hydrogen (secondary N) is 1. The molecule has 0 unspecified atom stereocenters. The summed E-state index contributed by atoms with van der Waals surface area (Å²) in [5.74, 6) is 0. The number of rotatable bonds is 8. The first-order chi connectivity index (χ1) is 10.3. The molecule has 1 aliphatic rings. The summed E-state index contributed by atoms with van der Waals surface area (Å²) in [5.41, 5.74) is 2.69. The van der Waals surface area contributed by atoms with Crippen LogP contribution in [0.4, 0.5) is 0 Å². The van der Waals surface area contributed by atoms with E-state index in [4.69, 9.17) is 11.6 Å². The van der Waals surface area contributed by atoms with Crippen molar-refractivity contribution in [3.05, 3.63) is 35.0 Å². The minimum Gasteiger partial charge on any atom is -0.347 e. The quantitative estimate of drug-likeness (QED) is 0.669. The Kier molecular flexibility index (Phi) is 4.87. The number of unbranched alkanes of at least 4 members (excludes halogenated alkanes) is 3. The highest BCUT2D eigenvalue weighted by Gasteiger charge is 2.20. The van der Waals surface area contributed by atoms with Crippen LogP contribution in [0.1, 0.15) is 51.0 Å². The molecule has 0 aliphatic heterocycles. The van der Waals surface area contributed by atoms with Gasteiger partial charge < -0.3 is 9.88 Å². The first-order valence-corrected chi connectivity index (χ1v) is 8.66. The Hall–Kier alpha value is -0.990. The molecule has 0 amide bonds. The average molecular weight is 305 g/mol. The van der Waals surface area contributed by atoms with Gasteiger partial charge in [0.05, 0.1) is 0 Å². The number of hydrogen-bond donors (Lipinski definition) is 1. The zero-order valence-electron chi connectivity index (χ0n) is 12.9. The van der Waals surface area contributed by atoms with Gasteiger partial charge in [-0.25, -0.2) is 0 Å². The molecule has 0 radical (unpaired) electrons. The molecule has 1 aromatic carbocycles. The summed E-state index contributed by atoms with van der Waals surface area (Å²) in [6, 6.07) is 7.04. The molecule has 114 valence electrons. The van der Waals surface area contributed by atoms with Crippen LogP contribution in [0.3, 0.4) is 0 Å². The van der Waals surface area contributed by atoms with Gasteiger partial charge in [-0.3, -0.25) is 0 Å². The molecule has 3 heteroatoms. The minimum absolute atomic E-state index is 0.750. The Morgan fingerprint density at radius 1 is 1.24 bits per heavy atom. The third-order valence-electron chi connectivity index (χ3n) is 4.34. The maximum absolute atomic E-state index is 6.19. The Balaban J connectivity index is 1.77. The third kappa shape index (κ3) is 3.81. The van der Waals surface area contributed by atoms with E-state index in [2.05, 4.69) is 35.1 Å². The monoisotopic (exact) mass is 304 g/mol. The van der Waals surface area contributed by atoms with Crippen LogP contribution in [0.25, 0.3) is 10.9 Å². The van der Waals surface area contributed by atoms with Crippen LogP contribution in [0.5, 0.6) is 0 Å². The second kappa shape index (κ2) is 6.85. The summed E-state index contributed by atoms with van der Waals surface area (Å²) in [4.78, 5) is 0. The van der Waals surface area contributed by atoms with Crippen LogP contribution in [0.2, 0.25) is 5.02 Å². The van der Waals surface area contributed by atoms with E-state index in [1.165, 1.54) is 55.0 Å². The van der Waals surface area contributed by atoms with E-state index >= 15 is 0 Å². The smallest absolute Gasteiger partial charge is 0.0498 e. The van der Waals surface area contributed by atoms with Crippen LogP contribution in [0, 0.1) is 0 Å². The molecule has 1 fully saturated rings. The van der Waals surface area contributed by atoms with Gasteiger partial charge in [-0.1, -0.05) is 43.9 Å². The van der Waals surface area contributed by atoms with Crippen molar-refractivity contribution in [2.45, 2.75) is 64.6 Å². The summed E-state index contributed by atoms with van der Waals surface area (Å²) in [6.07, 6.45) is 10.2. The molecule has 0 bridgehead atoms. The van der Waals surface area contributed by atoms with Gasteiger partial charge in [0, 0.05) is 41.3 Å². The van der Waals surface area contributed by atoms with Crippen LogP contribution in [-0.4, -0.2) is 10.6 Å². The first kappa shape index (κ1) is 14.9. The minimum atomic E-state index is 0.750. The van der Waals surface area contributed by atoms with Crippen LogP contribution in [-0.2, 0) is 13.1 Å². The van der Waals surface area contributed by atoms with Gasteiger partial charge in [0.2, 0.25) is 0 Å². The van der Waals surface area contributed by atoms with Crippen molar-refractivity contribution in [3.8, 4) is 0 Å². The van der Waals surface area contributed by atoms with Gasteiger partial charge in [-0.2, -0.15) is 0 Å². The number of aromatic nitrogens is 1. The number of benzene rings is 1. The van der Waals surface area contributed by atoms with Crippen molar-refractivity contribution in [1.29, 1.82) is 0 Å². The lowest BCUT2D eigenvalue weighted by atomic mass is 10.2. The highest BCUT2D eigenvalue weighted by atomic mass is 35.5. The van der Waals surface area contributed by atoms with Crippen molar-refractivity contribution >= 4 is 22.5 Å². The lowest BCUT2D eigenvalue weighted by Crippen LogP contribution is -2.14. The Bertz CT molecular complexity index is 599. The standard InChI is InChI=1S/C18H25ClN2/c1-2-3-4-5-10-21-13-14(12-20-16-7-8-16)17-9-6-15(19)11-18(17)21/h6,9,11,13,16,20H,2-5,7-8,10,12H2,1H3. The topological polar surface area (TPSA) is 17.0 Å². The van der Waals surface area contributed by atoms with E-state index in [-0.39, 0.29) is 0 Å². The van der Waals surface area contributed by atoms with Crippen molar-refractivity contribution in [3.63, 3.8) is 0 Å². The fraction of sp³-hybridized carbons (Fsp3) is 0.556. The number of halogens is 1. The van der Waals surface area contributed by atoms with E-state index in [0.717, 1.165) is 24.2 Å². The van der Waals surface area contributed by atoms with Crippen molar-refractivity contribution in [2.24, 2.45) is 0 Å². The highest BCUT2D eigenvalue weighted by molar-refractivity contribution is 6.31. The lowest BCUT2D eigenvalue weighted by molar-refractivity contribution is 0.591. The van der Waals surface area contributed by atoms with Crippen molar-refractivity contribution < 1.29 is 0 Å². The number of hydrogen-bond acceptors (Lipinski definition) is 1. The first-order valence-electron chi connectivity index (χ1n) is 8.28. The molecule has 21 heavy (non-hydrogen) atoms. The van der Waals surface area contributed by atoms with Crippen molar-refractivity contribution in [2.75, 3.05) is 0 Å². The lowest BCUT2D eigenvalue weighted by Gasteiger charge is -2.05. The Morgan fingerprint density at radius 2 is 2.10 bits per heavy atom. The molecule has 1 aliphatic carbocycles. The Morgan fingerprint density at radius 3 is 2.86 bits per heavy atom. The molecule has 3 rings (SSSR count). The third-order valence-corrected chi connectivity index (χ3v) is 4.57. The molecular formula is C18H25ClN2. The van der Waals surface area contributed by atoms with E-state index < -0.39 is 0 Å². The van der Waals surface area contributed by atoms with Crippen LogP contribution >= 0.6 is 11.6 Å². The zero-order valence-corrected chi connectivity index (χ0v) is 13.6. The maximum Gasteiger partial charge on any atom is 0.0498 e. The van der Waals surface area contributed by atoms with Gasteiger partial charge in [0.15, 0.2) is 0 Å². The fourth-order valence-corrected chi connectivity index (χ4v) is 3.08. The molecule has 0 spiro atoms. The van der Waals surface area contributed by atoms with Gasteiger partial charge >= 0.3 is 0 Å². The molecule has 0 saturated heterocycles. The van der Waals surface area contributed by atoms with E-state index in [0.29, 0.717) is 0 Å². The SMILES string of the molecule is CCCCCCn1cc(CNC2CC2)c2ccc(Cl)cc21. The summed E-state index contributed by atoms with van der Waals surface area (Å²) >= 11 is 6.19. The summed E-state index contributed by atoms with van der Waals surface area (Å²) in [7, 11) is 0. The average Bonchev–Trinajstić information content (AvgIpc) is 3.25. The summed E-state index contributed by atoms with van der Waals surface area (Å²) in [5, 5.41) is 5.80. The molecule has 1 N–H and O–H groups in total. The number of nitrogens with zero attached hydrogens (tertiary/aromatic N) is 1. The van der Waals surface area contributed by atoms with Gasteiger partial charge in [-0.05, 0) is 37.0 Å². The molecule has 2 nitrogen and oxygen atoms in total. The largest absolute Gasteiger partial charge is 0.347 e. The molecule has 0 atom stereocenters. The number of fused-ring (bicyclic) bond motifs is 1. The van der Waals surface area contributed by atoms with E-state index in [1.807, 2.05) is 6.07 Å². The van der Waals surface area contributed by atoms with Crippen LogP contribution in [0.15, 0.2) is 24.4 Å². The van der Waals surface area contributed by atoms with E-state index in [9.17, 15) is 0 Å².